The van der Waals surface area contributed by atoms with Crippen LogP contribution in [0.25, 0.3) is 5.70 Å². The summed E-state index contributed by atoms with van der Waals surface area (Å²) in [5, 5.41) is 1.33. The molecule has 0 radical (unpaired) electrons. The first-order valence-corrected chi connectivity index (χ1v) is 10.8. The molecule has 0 atom stereocenters. The zero-order chi connectivity index (χ0) is 21.2. The maximum Gasteiger partial charge on any atom is 0.296 e. The van der Waals surface area contributed by atoms with Crippen molar-refractivity contribution in [3.8, 4) is 0 Å². The Morgan fingerprint density at radius 3 is 2.10 bits per heavy atom. The average Bonchev–Trinajstić information content (AvgIpc) is 3.12. The largest absolute Gasteiger partial charge is 0.378 e. The molecule has 0 spiro atoms. The minimum Gasteiger partial charge on any atom is -0.378 e. The normalized spacial score (nSPS) is 18.6. The van der Waals surface area contributed by atoms with Crippen LogP contribution in [-0.4, -0.2) is 73.5 Å². The number of hydrogen-bond donors (Lipinski definition) is 2. The molecule has 11 nitrogen and oxygen atoms in total. The molecule has 2 N–H and O–H groups in total. The summed E-state index contributed by atoms with van der Waals surface area (Å²) in [7, 11) is 0. The summed E-state index contributed by atoms with van der Waals surface area (Å²) in [6.07, 6.45) is 0. The molecule has 162 valence electrons. The fourth-order valence-electron chi connectivity index (χ4n) is 3.55. The van der Waals surface area contributed by atoms with E-state index in [-0.39, 0.29) is 5.91 Å². The third kappa shape index (κ3) is 4.31. The second-order valence-corrected chi connectivity index (χ2v) is 8.08. The third-order valence-electron chi connectivity index (χ3n) is 5.16. The summed E-state index contributed by atoms with van der Waals surface area (Å²) < 4.78 is 11.8. The first-order chi connectivity index (χ1) is 15.2. The van der Waals surface area contributed by atoms with E-state index in [0.717, 1.165) is 4.47 Å². The second kappa shape index (κ2) is 8.73. The van der Waals surface area contributed by atoms with Crippen LogP contribution in [0.1, 0.15) is 0 Å². The number of anilines is 3. The van der Waals surface area contributed by atoms with Crippen molar-refractivity contribution in [2.75, 3.05) is 67.8 Å². The number of nitrogens with one attached hydrogen (secondary N) is 2. The standard InChI is InChI=1S/C19H21BrN8O3/c20-12-1-2-14-13(11-12)15(16(29)21-14)25-26-17-22-18(27-3-7-30-8-4-27)24-19(23-17)28-5-9-31-10-6-28/h1-2,11H,3-10H2,(H,21,25,29)(H,22,23,24,26). The first-order valence-electron chi connectivity index (χ1n) is 10.0. The third-order valence-corrected chi connectivity index (χ3v) is 5.66. The zero-order valence-corrected chi connectivity index (χ0v) is 18.3. The average molecular weight is 489 g/mol. The number of carbonyl (C=O) groups excluding carboxylic acids is 1. The molecule has 2 fully saturated rings. The van der Waals surface area contributed by atoms with Crippen molar-refractivity contribution in [2.45, 2.75) is 0 Å². The number of benzene rings is 1. The Hall–Kier alpha value is -2.83. The summed E-state index contributed by atoms with van der Waals surface area (Å²) in [4.78, 5) is 34.4. The Labute approximate surface area is 186 Å². The Morgan fingerprint density at radius 1 is 0.871 bits per heavy atom. The van der Waals surface area contributed by atoms with Crippen molar-refractivity contribution < 1.29 is 14.3 Å². The van der Waals surface area contributed by atoms with Crippen molar-refractivity contribution >= 4 is 45.4 Å². The molecular formula is C19H21BrN8O3. The summed E-state index contributed by atoms with van der Waals surface area (Å²) in [6.45, 7) is 5.31. The van der Waals surface area contributed by atoms with Gasteiger partial charge in [0.1, 0.15) is 5.70 Å². The minimum absolute atomic E-state index is 0.321. The van der Waals surface area contributed by atoms with E-state index in [1.54, 1.807) is 6.07 Å². The Bertz CT molecular complexity index is 1080. The number of carbonyl (C=O) groups is 1. The molecule has 3 aliphatic heterocycles. The molecule has 12 heteroatoms. The van der Waals surface area contributed by atoms with Crippen LogP contribution in [0.3, 0.4) is 0 Å². The molecule has 3 aliphatic rings. The van der Waals surface area contributed by atoms with Crippen LogP contribution in [0, 0.1) is 0 Å². The van der Waals surface area contributed by atoms with Gasteiger partial charge in [0.2, 0.25) is 17.8 Å². The highest BCUT2D eigenvalue weighted by atomic mass is 79.9. The van der Waals surface area contributed by atoms with Gasteiger partial charge in [-0.25, -0.2) is 4.99 Å². The minimum atomic E-state index is -0.350. The number of ether oxygens (including phenoxy) is 2. The first kappa shape index (κ1) is 20.1. The van der Waals surface area contributed by atoms with Crippen LogP contribution in [0.4, 0.5) is 17.8 Å². The molecular weight excluding hydrogens is 468 g/mol. The van der Waals surface area contributed by atoms with E-state index >= 15 is 0 Å². The Balaban J connectivity index is 1.44. The van der Waals surface area contributed by atoms with E-state index in [1.165, 1.54) is 0 Å². The highest BCUT2D eigenvalue weighted by Crippen LogP contribution is 2.18. The molecule has 0 saturated carbocycles. The summed E-state index contributed by atoms with van der Waals surface area (Å²) >= 11 is 3.44. The lowest BCUT2D eigenvalue weighted by atomic mass is 10.2. The zero-order valence-electron chi connectivity index (χ0n) is 16.7. The highest BCUT2D eigenvalue weighted by Gasteiger charge is 2.22. The van der Waals surface area contributed by atoms with E-state index in [1.807, 2.05) is 12.1 Å². The van der Waals surface area contributed by atoms with Crippen LogP contribution in [0.15, 0.2) is 27.7 Å². The highest BCUT2D eigenvalue weighted by molar-refractivity contribution is 9.10. The molecule has 1 aromatic heterocycles. The quantitative estimate of drug-likeness (QED) is 0.517. The Kier molecular flexibility index (Phi) is 5.66. The molecule has 4 heterocycles. The van der Waals surface area contributed by atoms with Gasteiger partial charge in [-0.15, -0.1) is 0 Å². The lowest BCUT2D eigenvalue weighted by Gasteiger charge is -2.30. The topological polar surface area (TPSA) is 117 Å². The van der Waals surface area contributed by atoms with Gasteiger partial charge in [0.05, 0.1) is 31.8 Å². The molecule has 0 bridgehead atoms. The van der Waals surface area contributed by atoms with E-state index < -0.39 is 0 Å². The number of amides is 1. The van der Waals surface area contributed by atoms with E-state index in [2.05, 4.69) is 56.5 Å². The van der Waals surface area contributed by atoms with Gasteiger partial charge >= 0.3 is 0 Å². The number of rotatable bonds is 5. The van der Waals surface area contributed by atoms with Crippen LogP contribution < -0.4 is 31.2 Å². The summed E-state index contributed by atoms with van der Waals surface area (Å²) in [5.41, 5.74) is 6.27. The number of nitrogens with zero attached hydrogens (tertiary/aromatic N) is 6. The molecule has 0 aliphatic carbocycles. The number of halogens is 1. The van der Waals surface area contributed by atoms with Gasteiger partial charge in [-0.1, -0.05) is 15.9 Å². The van der Waals surface area contributed by atoms with Gasteiger partial charge in [-0.3, -0.25) is 15.6 Å². The number of hydrazine groups is 1. The summed E-state index contributed by atoms with van der Waals surface area (Å²) in [5.74, 6) is 1.11. The number of aromatic nitrogens is 3. The van der Waals surface area contributed by atoms with Gasteiger partial charge in [0.25, 0.3) is 5.91 Å². The van der Waals surface area contributed by atoms with Gasteiger partial charge in [0, 0.05) is 35.9 Å². The van der Waals surface area contributed by atoms with Crippen molar-refractivity contribution in [3.63, 3.8) is 0 Å². The van der Waals surface area contributed by atoms with Gasteiger partial charge in [-0.2, -0.15) is 15.0 Å². The number of morpholine rings is 2. The maximum absolute atomic E-state index is 12.4. The van der Waals surface area contributed by atoms with E-state index in [9.17, 15) is 4.79 Å². The lowest BCUT2D eigenvalue weighted by Crippen LogP contribution is -2.40. The SMILES string of the molecule is O=C1N=c2ccc(Br)cc2=C1NNc1nc(N2CCOCC2)nc(N2CCOCC2)n1. The molecule has 31 heavy (non-hydrogen) atoms. The van der Waals surface area contributed by atoms with E-state index in [0.29, 0.717) is 86.7 Å². The fraction of sp³-hybridized carbons (Fsp3) is 0.421. The van der Waals surface area contributed by atoms with Crippen molar-refractivity contribution in [1.82, 2.24) is 20.4 Å². The predicted octanol–water partition coefficient (Wildman–Crippen LogP) is -0.808. The molecule has 2 aromatic rings. The van der Waals surface area contributed by atoms with Crippen LogP contribution >= 0.6 is 15.9 Å². The second-order valence-electron chi connectivity index (χ2n) is 7.16. The predicted molar refractivity (Wildman–Crippen MR) is 116 cm³/mol. The van der Waals surface area contributed by atoms with Gasteiger partial charge < -0.3 is 19.3 Å². The van der Waals surface area contributed by atoms with Crippen molar-refractivity contribution in [1.29, 1.82) is 0 Å². The number of fused-ring (bicyclic) bond motifs is 1. The molecule has 0 unspecified atom stereocenters. The van der Waals surface area contributed by atoms with Gasteiger partial charge in [0.15, 0.2) is 0 Å². The lowest BCUT2D eigenvalue weighted by molar-refractivity contribution is -0.112. The molecule has 1 aromatic carbocycles. The Morgan fingerprint density at radius 2 is 1.48 bits per heavy atom. The molecule has 2 saturated heterocycles. The fourth-order valence-corrected chi connectivity index (χ4v) is 3.91. The van der Waals surface area contributed by atoms with Crippen LogP contribution in [-0.2, 0) is 14.3 Å². The van der Waals surface area contributed by atoms with Crippen molar-refractivity contribution in [3.05, 3.63) is 33.2 Å². The maximum atomic E-state index is 12.4. The number of hydrogen-bond acceptors (Lipinski definition) is 10. The van der Waals surface area contributed by atoms with Gasteiger partial charge in [-0.05, 0) is 18.2 Å². The molecule has 5 rings (SSSR count). The van der Waals surface area contributed by atoms with Crippen molar-refractivity contribution in [2.24, 2.45) is 4.99 Å². The smallest absolute Gasteiger partial charge is 0.296 e. The molecule has 1 amide bonds. The van der Waals surface area contributed by atoms with Crippen LogP contribution in [0.5, 0.6) is 0 Å². The van der Waals surface area contributed by atoms with Crippen LogP contribution in [0.2, 0.25) is 0 Å². The van der Waals surface area contributed by atoms with E-state index in [4.69, 9.17) is 9.47 Å². The summed E-state index contributed by atoms with van der Waals surface area (Å²) in [6, 6.07) is 5.49. The monoisotopic (exact) mass is 488 g/mol.